The Morgan fingerprint density at radius 1 is 1.33 bits per heavy atom. The van der Waals surface area contributed by atoms with Crippen molar-refractivity contribution in [2.24, 2.45) is 5.41 Å². The molecule has 1 aromatic carbocycles. The van der Waals surface area contributed by atoms with Crippen LogP contribution < -0.4 is 10.1 Å². The Hall–Kier alpha value is -1.55. The SMILES string of the molecule is CC1(C)CCCC(Oc2ccc3c(c2)CCC(=O)N3)C1O. The van der Waals surface area contributed by atoms with Gasteiger partial charge in [0.25, 0.3) is 0 Å². The average Bonchev–Trinajstić information content (AvgIpc) is 2.44. The number of aryl methyl sites for hydroxylation is 1. The third-order valence-corrected chi connectivity index (χ3v) is 4.72. The van der Waals surface area contributed by atoms with E-state index < -0.39 is 6.10 Å². The van der Waals surface area contributed by atoms with E-state index in [1.54, 1.807) is 0 Å². The molecule has 1 heterocycles. The van der Waals surface area contributed by atoms with Gasteiger partial charge in [-0.25, -0.2) is 0 Å². The van der Waals surface area contributed by atoms with E-state index in [-0.39, 0.29) is 17.4 Å². The molecular formula is C17H23NO3. The van der Waals surface area contributed by atoms with Crippen LogP contribution in [0.4, 0.5) is 5.69 Å². The van der Waals surface area contributed by atoms with Gasteiger partial charge < -0.3 is 15.2 Å². The van der Waals surface area contributed by atoms with Crippen LogP contribution in [-0.4, -0.2) is 23.2 Å². The Bertz CT molecular complexity index is 553. The molecule has 1 aliphatic heterocycles. The van der Waals surface area contributed by atoms with Crippen LogP contribution in [0.2, 0.25) is 0 Å². The van der Waals surface area contributed by atoms with E-state index in [1.807, 2.05) is 18.2 Å². The average molecular weight is 289 g/mol. The Balaban J connectivity index is 1.75. The van der Waals surface area contributed by atoms with Crippen molar-refractivity contribution in [2.75, 3.05) is 5.32 Å². The molecular weight excluding hydrogens is 266 g/mol. The van der Waals surface area contributed by atoms with E-state index >= 15 is 0 Å². The van der Waals surface area contributed by atoms with Crippen molar-refractivity contribution in [3.05, 3.63) is 23.8 Å². The van der Waals surface area contributed by atoms with E-state index in [9.17, 15) is 9.90 Å². The number of carbonyl (C=O) groups excluding carboxylic acids is 1. The molecule has 21 heavy (non-hydrogen) atoms. The summed E-state index contributed by atoms with van der Waals surface area (Å²) in [6.07, 6.45) is 3.68. The summed E-state index contributed by atoms with van der Waals surface area (Å²) in [6.45, 7) is 4.19. The van der Waals surface area contributed by atoms with Crippen LogP contribution >= 0.6 is 0 Å². The maximum absolute atomic E-state index is 11.4. The van der Waals surface area contributed by atoms with E-state index in [4.69, 9.17) is 4.74 Å². The standard InChI is InChI=1S/C17H23NO3/c1-17(2)9-3-4-14(16(17)20)21-12-6-7-13-11(10-12)5-8-15(19)18-13/h6-7,10,14,16,20H,3-5,8-9H2,1-2H3,(H,18,19). The molecule has 2 N–H and O–H groups in total. The molecule has 0 radical (unpaired) electrons. The molecule has 2 atom stereocenters. The molecule has 0 spiro atoms. The van der Waals surface area contributed by atoms with Crippen molar-refractivity contribution in [1.82, 2.24) is 0 Å². The number of nitrogens with one attached hydrogen (secondary N) is 1. The fraction of sp³-hybridized carbons (Fsp3) is 0.588. The number of fused-ring (bicyclic) bond motifs is 1. The summed E-state index contributed by atoms with van der Waals surface area (Å²) >= 11 is 0. The highest BCUT2D eigenvalue weighted by atomic mass is 16.5. The number of aliphatic hydroxyl groups excluding tert-OH is 1. The van der Waals surface area contributed by atoms with Gasteiger partial charge in [0.15, 0.2) is 0 Å². The Kier molecular flexibility index (Phi) is 3.66. The summed E-state index contributed by atoms with van der Waals surface area (Å²) in [5.74, 6) is 0.854. The molecule has 1 aliphatic carbocycles. The molecule has 1 fully saturated rings. The molecule has 4 nitrogen and oxygen atoms in total. The quantitative estimate of drug-likeness (QED) is 0.880. The molecule has 4 heteroatoms. The lowest BCUT2D eigenvalue weighted by atomic mass is 9.73. The van der Waals surface area contributed by atoms with Crippen molar-refractivity contribution in [3.63, 3.8) is 0 Å². The van der Waals surface area contributed by atoms with Gasteiger partial charge in [-0.05, 0) is 54.9 Å². The van der Waals surface area contributed by atoms with Crippen molar-refractivity contribution < 1.29 is 14.6 Å². The minimum atomic E-state index is -0.443. The number of amides is 1. The minimum Gasteiger partial charge on any atom is -0.488 e. The number of carbonyl (C=O) groups is 1. The third kappa shape index (κ3) is 2.91. The van der Waals surface area contributed by atoms with Gasteiger partial charge in [0, 0.05) is 12.1 Å². The lowest BCUT2D eigenvalue weighted by Gasteiger charge is -2.40. The molecule has 0 bridgehead atoms. The van der Waals surface area contributed by atoms with Crippen LogP contribution in [0.25, 0.3) is 0 Å². The Morgan fingerprint density at radius 2 is 2.14 bits per heavy atom. The molecule has 1 aromatic rings. The first-order chi connectivity index (χ1) is 9.95. The van der Waals surface area contributed by atoms with E-state index in [0.29, 0.717) is 6.42 Å². The molecule has 2 aliphatic rings. The number of hydrogen-bond donors (Lipinski definition) is 2. The first-order valence-electron chi connectivity index (χ1n) is 7.73. The van der Waals surface area contributed by atoms with Crippen molar-refractivity contribution in [3.8, 4) is 5.75 Å². The highest BCUT2D eigenvalue weighted by Gasteiger charge is 2.39. The van der Waals surface area contributed by atoms with Gasteiger partial charge >= 0.3 is 0 Å². The smallest absolute Gasteiger partial charge is 0.224 e. The normalized spacial score (nSPS) is 27.7. The van der Waals surface area contributed by atoms with Gasteiger partial charge in [-0.1, -0.05) is 13.8 Å². The van der Waals surface area contributed by atoms with Crippen LogP contribution in [0, 0.1) is 5.41 Å². The molecule has 3 rings (SSSR count). The Labute approximate surface area is 125 Å². The highest BCUT2D eigenvalue weighted by molar-refractivity contribution is 5.93. The highest BCUT2D eigenvalue weighted by Crippen LogP contribution is 2.38. The van der Waals surface area contributed by atoms with Gasteiger partial charge in [0.1, 0.15) is 11.9 Å². The van der Waals surface area contributed by atoms with E-state index in [1.165, 1.54) is 0 Å². The number of rotatable bonds is 2. The van der Waals surface area contributed by atoms with Crippen LogP contribution in [-0.2, 0) is 11.2 Å². The van der Waals surface area contributed by atoms with Crippen LogP contribution in [0.1, 0.15) is 45.1 Å². The number of anilines is 1. The molecule has 1 saturated carbocycles. The van der Waals surface area contributed by atoms with E-state index in [0.717, 1.165) is 42.7 Å². The molecule has 1 amide bonds. The summed E-state index contributed by atoms with van der Waals surface area (Å²) < 4.78 is 6.03. The number of ether oxygens (including phenoxy) is 1. The summed E-state index contributed by atoms with van der Waals surface area (Å²) in [6, 6.07) is 5.75. The zero-order valence-electron chi connectivity index (χ0n) is 12.7. The number of hydrogen-bond acceptors (Lipinski definition) is 3. The predicted molar refractivity (Wildman–Crippen MR) is 81.4 cm³/mol. The largest absolute Gasteiger partial charge is 0.488 e. The molecule has 0 saturated heterocycles. The second kappa shape index (κ2) is 5.34. The van der Waals surface area contributed by atoms with Gasteiger partial charge in [0.2, 0.25) is 5.91 Å². The zero-order valence-corrected chi connectivity index (χ0v) is 12.7. The first-order valence-corrected chi connectivity index (χ1v) is 7.73. The monoisotopic (exact) mass is 289 g/mol. The van der Waals surface area contributed by atoms with Gasteiger partial charge in [-0.2, -0.15) is 0 Å². The van der Waals surface area contributed by atoms with Crippen molar-refractivity contribution in [1.29, 1.82) is 0 Å². The second-order valence-corrected chi connectivity index (χ2v) is 6.85. The van der Waals surface area contributed by atoms with Gasteiger partial charge in [0.05, 0.1) is 6.10 Å². The van der Waals surface area contributed by atoms with E-state index in [2.05, 4.69) is 19.2 Å². The summed E-state index contributed by atoms with van der Waals surface area (Å²) in [5, 5.41) is 13.3. The second-order valence-electron chi connectivity index (χ2n) is 6.85. The zero-order chi connectivity index (χ0) is 15.0. The van der Waals surface area contributed by atoms with Crippen molar-refractivity contribution in [2.45, 2.75) is 58.2 Å². The van der Waals surface area contributed by atoms with Gasteiger partial charge in [-0.3, -0.25) is 4.79 Å². The topological polar surface area (TPSA) is 58.6 Å². The summed E-state index contributed by atoms with van der Waals surface area (Å²) in [5.41, 5.74) is 1.89. The molecule has 2 unspecified atom stereocenters. The minimum absolute atomic E-state index is 0.0700. The maximum Gasteiger partial charge on any atom is 0.224 e. The van der Waals surface area contributed by atoms with Crippen LogP contribution in [0.5, 0.6) is 5.75 Å². The summed E-state index contributed by atoms with van der Waals surface area (Å²) in [4.78, 5) is 11.4. The first kappa shape index (κ1) is 14.4. The van der Waals surface area contributed by atoms with Crippen molar-refractivity contribution >= 4 is 11.6 Å². The third-order valence-electron chi connectivity index (χ3n) is 4.72. The van der Waals surface area contributed by atoms with Gasteiger partial charge in [-0.15, -0.1) is 0 Å². The summed E-state index contributed by atoms with van der Waals surface area (Å²) in [7, 11) is 0. The van der Waals surface area contributed by atoms with Crippen LogP contribution in [0.3, 0.4) is 0 Å². The molecule has 0 aromatic heterocycles. The predicted octanol–water partition coefficient (Wildman–Crippen LogP) is 2.89. The fourth-order valence-electron chi connectivity index (χ4n) is 3.30. The fourth-order valence-corrected chi connectivity index (χ4v) is 3.30. The lowest BCUT2D eigenvalue weighted by molar-refractivity contribution is -0.116. The number of aliphatic hydroxyl groups is 1. The maximum atomic E-state index is 11.4. The lowest BCUT2D eigenvalue weighted by Crippen LogP contribution is -2.46. The molecule has 114 valence electrons. The van der Waals surface area contributed by atoms with Crippen LogP contribution in [0.15, 0.2) is 18.2 Å². The Morgan fingerprint density at radius 3 is 2.95 bits per heavy atom. The number of benzene rings is 1.